The van der Waals surface area contributed by atoms with Crippen molar-refractivity contribution in [1.82, 2.24) is 0 Å². The van der Waals surface area contributed by atoms with E-state index in [4.69, 9.17) is 15.6 Å². The van der Waals surface area contributed by atoms with Gasteiger partial charge < -0.3 is 15.8 Å². The number of fused-ring (bicyclic) bond motifs is 1. The van der Waals surface area contributed by atoms with Crippen LogP contribution in [-0.4, -0.2) is 38.5 Å². The monoisotopic (exact) mass is 417 g/mol. The van der Waals surface area contributed by atoms with Gasteiger partial charge in [-0.3, -0.25) is 15.0 Å². The number of hydrogen-bond acceptors (Lipinski definition) is 8. The van der Waals surface area contributed by atoms with E-state index >= 15 is 0 Å². The summed E-state index contributed by atoms with van der Waals surface area (Å²) >= 11 is 0. The molecule has 0 unspecified atom stereocenters. The van der Waals surface area contributed by atoms with Crippen LogP contribution in [0.3, 0.4) is 0 Å². The molecule has 1 aliphatic rings. The lowest BCUT2D eigenvalue weighted by Gasteiger charge is -2.05. The molecule has 3 rings (SSSR count). The standard InChI is InChI=1S/C17H15N5O6S/c18-14(23)8-28-17(25)9-1-6-13-12(7-9)15(16(24)20-13)22-21-10-2-4-11(5-3-10)29(19,26)27/h1-7,21H,8H2,(H2,18,23)(H2,19,26,27)(H,20,22,24). The van der Waals surface area contributed by atoms with Crippen LogP contribution in [0.1, 0.15) is 15.9 Å². The molecule has 0 radical (unpaired) electrons. The van der Waals surface area contributed by atoms with Crippen molar-refractivity contribution >= 4 is 44.9 Å². The first-order valence-electron chi connectivity index (χ1n) is 8.03. The zero-order valence-electron chi connectivity index (χ0n) is 14.7. The van der Waals surface area contributed by atoms with Crippen LogP contribution >= 0.6 is 0 Å². The summed E-state index contributed by atoms with van der Waals surface area (Å²) in [7, 11) is -3.82. The third kappa shape index (κ3) is 4.56. The molecule has 2 amide bonds. The maximum atomic E-state index is 12.2. The zero-order chi connectivity index (χ0) is 21.2. The maximum Gasteiger partial charge on any atom is 0.338 e. The Labute approximate surface area is 164 Å². The van der Waals surface area contributed by atoms with Gasteiger partial charge in [-0.05, 0) is 42.5 Å². The Morgan fingerprint density at radius 1 is 1.14 bits per heavy atom. The Morgan fingerprint density at radius 3 is 2.45 bits per heavy atom. The van der Waals surface area contributed by atoms with Gasteiger partial charge in [0.1, 0.15) is 0 Å². The molecule has 1 aliphatic heterocycles. The van der Waals surface area contributed by atoms with Crippen LogP contribution in [0.15, 0.2) is 52.5 Å². The van der Waals surface area contributed by atoms with E-state index in [1.807, 2.05) is 0 Å². The van der Waals surface area contributed by atoms with Crippen LogP contribution in [0.2, 0.25) is 0 Å². The summed E-state index contributed by atoms with van der Waals surface area (Å²) in [6.07, 6.45) is 0. The number of amides is 2. The molecule has 0 aromatic heterocycles. The Hall–Kier alpha value is -3.77. The molecule has 0 saturated heterocycles. The van der Waals surface area contributed by atoms with Gasteiger partial charge in [-0.15, -0.1) is 0 Å². The number of hydrogen-bond donors (Lipinski definition) is 4. The third-order valence-corrected chi connectivity index (χ3v) is 4.73. The van der Waals surface area contributed by atoms with Crippen LogP contribution in [0.5, 0.6) is 0 Å². The highest BCUT2D eigenvalue weighted by Gasteiger charge is 2.27. The number of rotatable bonds is 6. The second-order valence-electron chi connectivity index (χ2n) is 5.90. The summed E-state index contributed by atoms with van der Waals surface area (Å²) in [5, 5.41) is 11.7. The Morgan fingerprint density at radius 2 is 1.83 bits per heavy atom. The third-order valence-electron chi connectivity index (χ3n) is 3.80. The number of nitrogens with two attached hydrogens (primary N) is 2. The highest BCUT2D eigenvalue weighted by atomic mass is 32.2. The average molecular weight is 417 g/mol. The minimum atomic E-state index is -3.82. The molecule has 150 valence electrons. The van der Waals surface area contributed by atoms with Crippen LogP contribution in [0.25, 0.3) is 0 Å². The van der Waals surface area contributed by atoms with Crippen molar-refractivity contribution in [1.29, 1.82) is 0 Å². The van der Waals surface area contributed by atoms with Crippen LogP contribution in [0, 0.1) is 0 Å². The predicted octanol–water partition coefficient (Wildman–Crippen LogP) is -0.256. The van der Waals surface area contributed by atoms with E-state index < -0.39 is 34.4 Å². The molecular formula is C17H15N5O6S. The van der Waals surface area contributed by atoms with E-state index in [0.717, 1.165) is 0 Å². The lowest BCUT2D eigenvalue weighted by Crippen LogP contribution is -2.21. The van der Waals surface area contributed by atoms with Gasteiger partial charge in [0.2, 0.25) is 10.0 Å². The lowest BCUT2D eigenvalue weighted by molar-refractivity contribution is -0.121. The second kappa shape index (κ2) is 7.69. The van der Waals surface area contributed by atoms with Gasteiger partial charge in [0, 0.05) is 5.56 Å². The smallest absolute Gasteiger partial charge is 0.338 e. The van der Waals surface area contributed by atoms with Crippen molar-refractivity contribution in [3.8, 4) is 0 Å². The zero-order valence-corrected chi connectivity index (χ0v) is 15.5. The Balaban J connectivity index is 1.83. The van der Waals surface area contributed by atoms with Crippen molar-refractivity contribution in [3.63, 3.8) is 0 Å². The molecule has 0 atom stereocenters. The highest BCUT2D eigenvalue weighted by Crippen LogP contribution is 2.25. The molecule has 2 aromatic rings. The van der Waals surface area contributed by atoms with Crippen molar-refractivity contribution in [3.05, 3.63) is 53.6 Å². The predicted molar refractivity (Wildman–Crippen MR) is 103 cm³/mol. The van der Waals surface area contributed by atoms with E-state index in [1.165, 1.54) is 42.5 Å². The van der Waals surface area contributed by atoms with E-state index in [2.05, 4.69) is 15.8 Å². The van der Waals surface area contributed by atoms with Gasteiger partial charge in [0.05, 0.1) is 21.8 Å². The summed E-state index contributed by atoms with van der Waals surface area (Å²) in [4.78, 5) is 34.8. The fraction of sp³-hybridized carbons (Fsp3) is 0.0588. The summed E-state index contributed by atoms with van der Waals surface area (Å²) in [5.41, 5.74) is 8.87. The average Bonchev–Trinajstić information content (AvgIpc) is 2.98. The summed E-state index contributed by atoms with van der Waals surface area (Å²) < 4.78 is 27.3. The van der Waals surface area contributed by atoms with E-state index in [-0.39, 0.29) is 16.2 Å². The molecule has 0 aliphatic carbocycles. The highest BCUT2D eigenvalue weighted by molar-refractivity contribution is 7.89. The first kappa shape index (κ1) is 20.0. The van der Waals surface area contributed by atoms with Gasteiger partial charge in [-0.25, -0.2) is 18.4 Å². The maximum absolute atomic E-state index is 12.2. The minimum Gasteiger partial charge on any atom is -0.452 e. The number of anilines is 2. The van der Waals surface area contributed by atoms with Crippen LogP contribution in [-0.2, 0) is 24.3 Å². The normalized spacial score (nSPS) is 14.2. The van der Waals surface area contributed by atoms with Crippen molar-refractivity contribution in [2.75, 3.05) is 17.3 Å². The topological polar surface area (TPSA) is 183 Å². The number of ether oxygens (including phenoxy) is 1. The molecule has 0 fully saturated rings. The fourth-order valence-electron chi connectivity index (χ4n) is 2.45. The van der Waals surface area contributed by atoms with Gasteiger partial charge >= 0.3 is 5.97 Å². The molecule has 11 nitrogen and oxygen atoms in total. The van der Waals surface area contributed by atoms with Crippen LogP contribution in [0.4, 0.5) is 11.4 Å². The number of carbonyl (C=O) groups excluding carboxylic acids is 3. The molecule has 12 heteroatoms. The SMILES string of the molecule is NC(=O)COC(=O)c1ccc2c(c1)C(=NNc1ccc(S(N)(=O)=O)cc1)C(=O)N2. The number of nitrogens with zero attached hydrogens (tertiary/aromatic N) is 1. The minimum absolute atomic E-state index is 0.0000687. The Bertz CT molecular complexity index is 1140. The van der Waals surface area contributed by atoms with Gasteiger partial charge in [0.25, 0.3) is 11.8 Å². The molecule has 1 heterocycles. The van der Waals surface area contributed by atoms with Crippen molar-refractivity contribution in [2.45, 2.75) is 4.90 Å². The molecule has 0 spiro atoms. The number of sulfonamides is 1. The van der Waals surface area contributed by atoms with Crippen molar-refractivity contribution in [2.24, 2.45) is 16.0 Å². The first-order valence-corrected chi connectivity index (χ1v) is 9.57. The lowest BCUT2D eigenvalue weighted by atomic mass is 10.1. The number of benzene rings is 2. The number of nitrogens with one attached hydrogen (secondary N) is 2. The molecule has 6 N–H and O–H groups in total. The first-order chi connectivity index (χ1) is 13.6. The molecule has 2 aromatic carbocycles. The van der Waals surface area contributed by atoms with E-state index in [1.54, 1.807) is 0 Å². The number of primary amides is 1. The van der Waals surface area contributed by atoms with Gasteiger partial charge in [-0.1, -0.05) is 0 Å². The molecular weight excluding hydrogens is 402 g/mol. The number of primary sulfonamides is 1. The van der Waals surface area contributed by atoms with Gasteiger partial charge in [-0.2, -0.15) is 5.10 Å². The van der Waals surface area contributed by atoms with Crippen molar-refractivity contribution < 1.29 is 27.5 Å². The summed E-state index contributed by atoms with van der Waals surface area (Å²) in [6.45, 7) is -0.565. The van der Waals surface area contributed by atoms with E-state index in [9.17, 15) is 22.8 Å². The Kier molecular flexibility index (Phi) is 5.30. The number of carbonyl (C=O) groups is 3. The molecule has 0 bridgehead atoms. The second-order valence-corrected chi connectivity index (χ2v) is 7.46. The molecule has 0 saturated carbocycles. The number of esters is 1. The largest absolute Gasteiger partial charge is 0.452 e. The summed E-state index contributed by atoms with van der Waals surface area (Å²) in [6, 6.07) is 9.73. The quantitative estimate of drug-likeness (QED) is 0.369. The van der Waals surface area contributed by atoms with E-state index in [0.29, 0.717) is 16.9 Å². The van der Waals surface area contributed by atoms with Crippen LogP contribution < -0.4 is 21.6 Å². The fourth-order valence-corrected chi connectivity index (χ4v) is 2.97. The number of hydrazone groups is 1. The van der Waals surface area contributed by atoms with Gasteiger partial charge in [0.15, 0.2) is 12.3 Å². The summed E-state index contributed by atoms with van der Waals surface area (Å²) in [5.74, 6) is -2.08. The molecule has 29 heavy (non-hydrogen) atoms.